The van der Waals surface area contributed by atoms with Gasteiger partial charge in [-0.2, -0.15) is 0 Å². The molecule has 0 bridgehead atoms. The number of aromatic nitrogens is 3. The quantitative estimate of drug-likeness (QED) is 0.667. The zero-order chi connectivity index (χ0) is 11.8. The molecule has 0 saturated heterocycles. The summed E-state index contributed by atoms with van der Waals surface area (Å²) in [6.07, 6.45) is 0. The highest BCUT2D eigenvalue weighted by atomic mass is 16.1. The van der Waals surface area contributed by atoms with Crippen LogP contribution >= 0.6 is 0 Å². The van der Waals surface area contributed by atoms with Crippen LogP contribution in [0.3, 0.4) is 0 Å². The van der Waals surface area contributed by atoms with Crippen molar-refractivity contribution in [3.63, 3.8) is 0 Å². The lowest BCUT2D eigenvalue weighted by Crippen LogP contribution is -2.01. The van der Waals surface area contributed by atoms with Crippen LogP contribution in [0, 0.1) is 6.92 Å². The van der Waals surface area contributed by atoms with Gasteiger partial charge < -0.3 is 9.97 Å². The van der Waals surface area contributed by atoms with Crippen LogP contribution in [0.5, 0.6) is 0 Å². The summed E-state index contributed by atoms with van der Waals surface area (Å²) < 4.78 is 0. The number of benzene rings is 1. The standard InChI is InChI=1S/C13H11N3O/c1-8-2-4-9(5-3-8)12-14-10-6-7-11(17)15-13(10)16-12/h2-7H,1H3,(H2,14,15,16,17). The fourth-order valence-corrected chi connectivity index (χ4v) is 1.77. The predicted molar refractivity (Wildman–Crippen MR) is 66.9 cm³/mol. The molecule has 0 unspecified atom stereocenters. The molecular formula is C13H11N3O. The first-order valence-corrected chi connectivity index (χ1v) is 5.38. The molecule has 0 aliphatic carbocycles. The minimum Gasteiger partial charge on any atom is -0.337 e. The van der Waals surface area contributed by atoms with E-state index in [-0.39, 0.29) is 5.56 Å². The molecule has 0 amide bonds. The first-order valence-electron chi connectivity index (χ1n) is 5.38. The fraction of sp³-hybridized carbons (Fsp3) is 0.0769. The van der Waals surface area contributed by atoms with Gasteiger partial charge in [-0.05, 0) is 13.0 Å². The molecule has 3 aromatic rings. The molecule has 3 rings (SSSR count). The number of nitrogens with zero attached hydrogens (tertiary/aromatic N) is 1. The van der Waals surface area contributed by atoms with Crippen LogP contribution < -0.4 is 5.56 Å². The van der Waals surface area contributed by atoms with Gasteiger partial charge >= 0.3 is 0 Å². The number of imidazole rings is 1. The van der Waals surface area contributed by atoms with Crippen molar-refractivity contribution in [1.29, 1.82) is 0 Å². The average Bonchev–Trinajstić information content (AvgIpc) is 2.72. The normalized spacial score (nSPS) is 10.9. The Kier molecular flexibility index (Phi) is 2.08. The zero-order valence-corrected chi connectivity index (χ0v) is 9.32. The highest BCUT2D eigenvalue weighted by molar-refractivity contribution is 5.75. The van der Waals surface area contributed by atoms with E-state index in [4.69, 9.17) is 0 Å². The summed E-state index contributed by atoms with van der Waals surface area (Å²) in [6, 6.07) is 11.3. The lowest BCUT2D eigenvalue weighted by atomic mass is 10.1. The van der Waals surface area contributed by atoms with E-state index in [0.29, 0.717) is 5.65 Å². The van der Waals surface area contributed by atoms with Crippen LogP contribution in [0.15, 0.2) is 41.2 Å². The van der Waals surface area contributed by atoms with E-state index < -0.39 is 0 Å². The van der Waals surface area contributed by atoms with Crippen LogP contribution in [0.25, 0.3) is 22.6 Å². The molecule has 17 heavy (non-hydrogen) atoms. The summed E-state index contributed by atoms with van der Waals surface area (Å²) in [5, 5.41) is 0. The number of hydrogen-bond donors (Lipinski definition) is 2. The number of aryl methyl sites for hydroxylation is 1. The van der Waals surface area contributed by atoms with E-state index in [0.717, 1.165) is 16.9 Å². The summed E-state index contributed by atoms with van der Waals surface area (Å²) in [6.45, 7) is 2.04. The molecule has 1 aromatic carbocycles. The maximum atomic E-state index is 11.2. The van der Waals surface area contributed by atoms with Gasteiger partial charge in [-0.1, -0.05) is 29.8 Å². The Morgan fingerprint density at radius 1 is 1.00 bits per heavy atom. The second kappa shape index (κ2) is 3.59. The minimum absolute atomic E-state index is 0.139. The first kappa shape index (κ1) is 9.84. The van der Waals surface area contributed by atoms with Crippen molar-refractivity contribution in [3.8, 4) is 11.4 Å². The van der Waals surface area contributed by atoms with Gasteiger partial charge in [0.25, 0.3) is 0 Å². The molecule has 2 heterocycles. The van der Waals surface area contributed by atoms with E-state index >= 15 is 0 Å². The summed E-state index contributed by atoms with van der Waals surface area (Å²) in [5.41, 5.74) is 3.50. The molecule has 4 nitrogen and oxygen atoms in total. The Balaban J connectivity index is 2.17. The number of aromatic amines is 2. The third kappa shape index (κ3) is 1.73. The van der Waals surface area contributed by atoms with Crippen molar-refractivity contribution in [3.05, 3.63) is 52.3 Å². The second-order valence-corrected chi connectivity index (χ2v) is 4.04. The van der Waals surface area contributed by atoms with Crippen molar-refractivity contribution in [2.24, 2.45) is 0 Å². The lowest BCUT2D eigenvalue weighted by molar-refractivity contribution is 1.25. The number of nitrogens with one attached hydrogen (secondary N) is 2. The maximum absolute atomic E-state index is 11.2. The van der Waals surface area contributed by atoms with Crippen LogP contribution in [-0.4, -0.2) is 15.0 Å². The number of fused-ring (bicyclic) bond motifs is 1. The molecule has 0 saturated carbocycles. The molecule has 0 fully saturated rings. The summed E-state index contributed by atoms with van der Waals surface area (Å²) in [4.78, 5) is 21.4. The summed E-state index contributed by atoms with van der Waals surface area (Å²) in [7, 11) is 0. The van der Waals surface area contributed by atoms with E-state index in [2.05, 4.69) is 15.0 Å². The monoisotopic (exact) mass is 225 g/mol. The summed E-state index contributed by atoms with van der Waals surface area (Å²) in [5.74, 6) is 0.766. The van der Waals surface area contributed by atoms with Crippen molar-refractivity contribution in [2.45, 2.75) is 6.92 Å². The van der Waals surface area contributed by atoms with Gasteiger partial charge in [-0.15, -0.1) is 0 Å². The molecule has 2 N–H and O–H groups in total. The summed E-state index contributed by atoms with van der Waals surface area (Å²) >= 11 is 0. The number of H-pyrrole nitrogens is 2. The fourth-order valence-electron chi connectivity index (χ4n) is 1.77. The number of hydrogen-bond acceptors (Lipinski definition) is 2. The third-order valence-electron chi connectivity index (χ3n) is 2.70. The van der Waals surface area contributed by atoms with Crippen molar-refractivity contribution < 1.29 is 0 Å². The highest BCUT2D eigenvalue weighted by Crippen LogP contribution is 2.18. The smallest absolute Gasteiger partial charge is 0.249 e. The molecule has 0 aliphatic heterocycles. The number of pyridine rings is 1. The molecular weight excluding hydrogens is 214 g/mol. The molecule has 0 spiro atoms. The highest BCUT2D eigenvalue weighted by Gasteiger charge is 2.05. The SMILES string of the molecule is Cc1ccc(-c2nc3[nH]c(=O)ccc3[nH]2)cc1. The molecule has 0 atom stereocenters. The Bertz CT molecular complexity index is 722. The molecule has 0 radical (unpaired) electrons. The van der Waals surface area contributed by atoms with Gasteiger partial charge in [0.15, 0.2) is 5.65 Å². The molecule has 84 valence electrons. The predicted octanol–water partition coefficient (Wildman–Crippen LogP) is 2.23. The largest absolute Gasteiger partial charge is 0.337 e. The Labute approximate surface area is 97.3 Å². The third-order valence-corrected chi connectivity index (χ3v) is 2.70. The van der Waals surface area contributed by atoms with Crippen LogP contribution in [0.2, 0.25) is 0 Å². The van der Waals surface area contributed by atoms with Crippen LogP contribution in [0.1, 0.15) is 5.56 Å². The van der Waals surface area contributed by atoms with Gasteiger partial charge in [0.2, 0.25) is 5.56 Å². The second-order valence-electron chi connectivity index (χ2n) is 4.04. The molecule has 4 heteroatoms. The van der Waals surface area contributed by atoms with E-state index in [1.807, 2.05) is 31.2 Å². The van der Waals surface area contributed by atoms with Gasteiger partial charge in [0.1, 0.15) is 5.82 Å². The van der Waals surface area contributed by atoms with Gasteiger partial charge in [0, 0.05) is 11.6 Å². The average molecular weight is 225 g/mol. The van der Waals surface area contributed by atoms with Crippen LogP contribution in [-0.2, 0) is 0 Å². The Morgan fingerprint density at radius 3 is 2.53 bits per heavy atom. The number of rotatable bonds is 1. The first-order chi connectivity index (χ1) is 8.22. The Morgan fingerprint density at radius 2 is 1.76 bits per heavy atom. The topological polar surface area (TPSA) is 61.5 Å². The van der Waals surface area contributed by atoms with Gasteiger partial charge in [0.05, 0.1) is 5.52 Å². The Hall–Kier alpha value is -2.36. The lowest BCUT2D eigenvalue weighted by Gasteiger charge is -1.96. The van der Waals surface area contributed by atoms with Gasteiger partial charge in [-0.3, -0.25) is 4.79 Å². The van der Waals surface area contributed by atoms with Crippen molar-refractivity contribution >= 4 is 11.2 Å². The molecule has 2 aromatic heterocycles. The van der Waals surface area contributed by atoms with Crippen LogP contribution in [0.4, 0.5) is 0 Å². The maximum Gasteiger partial charge on any atom is 0.249 e. The molecule has 0 aliphatic rings. The zero-order valence-electron chi connectivity index (χ0n) is 9.32. The van der Waals surface area contributed by atoms with E-state index in [1.165, 1.54) is 11.6 Å². The van der Waals surface area contributed by atoms with Crippen molar-refractivity contribution in [1.82, 2.24) is 15.0 Å². The van der Waals surface area contributed by atoms with Crippen molar-refractivity contribution in [2.75, 3.05) is 0 Å². The van der Waals surface area contributed by atoms with E-state index in [1.54, 1.807) is 6.07 Å². The minimum atomic E-state index is -0.139. The van der Waals surface area contributed by atoms with Gasteiger partial charge in [-0.25, -0.2) is 4.98 Å². The van der Waals surface area contributed by atoms with E-state index in [9.17, 15) is 4.79 Å².